The molecule has 0 aliphatic rings. The average molecular weight is 231 g/mol. The van der Waals surface area contributed by atoms with Gasteiger partial charge in [0.25, 0.3) is 0 Å². The summed E-state index contributed by atoms with van der Waals surface area (Å²) in [5.41, 5.74) is 2.39. The molecule has 0 spiro atoms. The maximum Gasteiger partial charge on any atom is 0.144 e. The number of nitrogens with zero attached hydrogens (tertiary/aromatic N) is 3. The third-order valence-electron chi connectivity index (χ3n) is 2.62. The maximum absolute atomic E-state index is 13.3. The summed E-state index contributed by atoms with van der Waals surface area (Å²) >= 11 is 0. The quantitative estimate of drug-likeness (QED) is 0.814. The van der Waals surface area contributed by atoms with Gasteiger partial charge in [-0.2, -0.15) is 0 Å². The summed E-state index contributed by atoms with van der Waals surface area (Å²) in [6.07, 6.45) is 6.87. The SMILES string of the molecule is Cc1ncc(CCc2cnc(C)c(F)c2)cn1. The van der Waals surface area contributed by atoms with E-state index in [1.165, 1.54) is 6.07 Å². The monoisotopic (exact) mass is 231 g/mol. The Morgan fingerprint density at radius 1 is 0.941 bits per heavy atom. The van der Waals surface area contributed by atoms with Crippen LogP contribution in [0.1, 0.15) is 22.6 Å². The van der Waals surface area contributed by atoms with Gasteiger partial charge in [0.05, 0.1) is 5.69 Å². The number of aryl methyl sites for hydroxylation is 4. The first kappa shape index (κ1) is 11.6. The molecule has 0 bridgehead atoms. The average Bonchev–Trinajstić information content (AvgIpc) is 2.33. The normalized spacial score (nSPS) is 10.5. The lowest BCUT2D eigenvalue weighted by atomic mass is 10.1. The summed E-state index contributed by atoms with van der Waals surface area (Å²) < 4.78 is 13.3. The molecular formula is C13H14FN3. The Labute approximate surface area is 99.8 Å². The number of pyridine rings is 1. The van der Waals surface area contributed by atoms with Gasteiger partial charge in [-0.25, -0.2) is 14.4 Å². The molecule has 0 amide bonds. The molecule has 2 rings (SSSR count). The van der Waals surface area contributed by atoms with Crippen molar-refractivity contribution in [2.24, 2.45) is 0 Å². The van der Waals surface area contributed by atoms with Crippen molar-refractivity contribution < 1.29 is 4.39 Å². The van der Waals surface area contributed by atoms with Crippen LogP contribution in [0.25, 0.3) is 0 Å². The van der Waals surface area contributed by atoms with Crippen molar-refractivity contribution in [1.29, 1.82) is 0 Å². The van der Waals surface area contributed by atoms with E-state index in [0.717, 1.165) is 29.8 Å². The molecule has 0 saturated carbocycles. The number of rotatable bonds is 3. The highest BCUT2D eigenvalue weighted by Gasteiger charge is 2.02. The molecule has 17 heavy (non-hydrogen) atoms. The molecule has 0 unspecified atom stereocenters. The van der Waals surface area contributed by atoms with Crippen molar-refractivity contribution >= 4 is 0 Å². The minimum Gasteiger partial charge on any atom is -0.258 e. The van der Waals surface area contributed by atoms with Gasteiger partial charge < -0.3 is 0 Å². The standard InChI is InChI=1S/C13H14FN3/c1-9-13(14)5-11(6-15-9)3-4-12-7-16-10(2)17-8-12/h5-8H,3-4H2,1-2H3. The molecule has 2 aromatic rings. The van der Waals surface area contributed by atoms with Crippen LogP contribution in [-0.4, -0.2) is 15.0 Å². The largest absolute Gasteiger partial charge is 0.258 e. The smallest absolute Gasteiger partial charge is 0.144 e. The summed E-state index contributed by atoms with van der Waals surface area (Å²) in [6.45, 7) is 3.51. The second kappa shape index (κ2) is 4.99. The predicted octanol–water partition coefficient (Wildman–Crippen LogP) is 2.41. The first-order valence-electron chi connectivity index (χ1n) is 5.53. The Bertz CT molecular complexity index is 509. The summed E-state index contributed by atoms with van der Waals surface area (Å²) in [4.78, 5) is 12.2. The van der Waals surface area contributed by atoms with E-state index in [0.29, 0.717) is 5.69 Å². The molecule has 0 fully saturated rings. The molecule has 2 aromatic heterocycles. The van der Waals surface area contributed by atoms with E-state index in [-0.39, 0.29) is 5.82 Å². The predicted molar refractivity (Wildman–Crippen MR) is 63.1 cm³/mol. The van der Waals surface area contributed by atoms with Crippen LogP contribution < -0.4 is 0 Å². The first-order chi connectivity index (χ1) is 8.15. The molecule has 0 radical (unpaired) electrons. The van der Waals surface area contributed by atoms with Gasteiger partial charge in [-0.05, 0) is 43.9 Å². The molecule has 0 aliphatic carbocycles. The van der Waals surface area contributed by atoms with Crippen molar-refractivity contribution in [2.75, 3.05) is 0 Å². The molecule has 0 atom stereocenters. The van der Waals surface area contributed by atoms with Gasteiger partial charge in [0, 0.05) is 18.6 Å². The lowest BCUT2D eigenvalue weighted by Crippen LogP contribution is -1.97. The van der Waals surface area contributed by atoms with Crippen LogP contribution in [0.15, 0.2) is 24.7 Å². The van der Waals surface area contributed by atoms with Crippen LogP contribution in [0.3, 0.4) is 0 Å². The fourth-order valence-electron chi connectivity index (χ4n) is 1.52. The molecule has 0 N–H and O–H groups in total. The molecule has 4 heteroatoms. The molecule has 0 saturated heterocycles. The molecule has 2 heterocycles. The van der Waals surface area contributed by atoms with Gasteiger partial charge in [0.15, 0.2) is 0 Å². The van der Waals surface area contributed by atoms with Crippen molar-refractivity contribution in [3.8, 4) is 0 Å². The van der Waals surface area contributed by atoms with Crippen LogP contribution in [-0.2, 0) is 12.8 Å². The fourth-order valence-corrected chi connectivity index (χ4v) is 1.52. The number of halogens is 1. The fraction of sp³-hybridized carbons (Fsp3) is 0.308. The van der Waals surface area contributed by atoms with Gasteiger partial charge in [-0.1, -0.05) is 0 Å². The Hall–Kier alpha value is -1.84. The van der Waals surface area contributed by atoms with Crippen LogP contribution in [0, 0.1) is 19.7 Å². The Balaban J connectivity index is 2.02. The van der Waals surface area contributed by atoms with Gasteiger partial charge >= 0.3 is 0 Å². The summed E-state index contributed by atoms with van der Waals surface area (Å²) in [6, 6.07) is 1.54. The van der Waals surface area contributed by atoms with Crippen LogP contribution in [0.4, 0.5) is 4.39 Å². The van der Waals surface area contributed by atoms with Crippen LogP contribution >= 0.6 is 0 Å². The van der Waals surface area contributed by atoms with E-state index >= 15 is 0 Å². The van der Waals surface area contributed by atoms with Crippen molar-refractivity contribution in [3.63, 3.8) is 0 Å². The van der Waals surface area contributed by atoms with Crippen LogP contribution in [0.2, 0.25) is 0 Å². The Kier molecular flexibility index (Phi) is 3.42. The first-order valence-corrected chi connectivity index (χ1v) is 5.53. The minimum absolute atomic E-state index is 0.248. The summed E-state index contributed by atoms with van der Waals surface area (Å²) in [5, 5.41) is 0. The molecule has 3 nitrogen and oxygen atoms in total. The number of aromatic nitrogens is 3. The number of hydrogen-bond acceptors (Lipinski definition) is 3. The Morgan fingerprint density at radius 3 is 2.18 bits per heavy atom. The molecule has 88 valence electrons. The third-order valence-corrected chi connectivity index (χ3v) is 2.62. The van der Waals surface area contributed by atoms with E-state index in [4.69, 9.17) is 0 Å². The summed E-state index contributed by atoms with van der Waals surface area (Å²) in [7, 11) is 0. The highest BCUT2D eigenvalue weighted by molar-refractivity contribution is 5.17. The minimum atomic E-state index is -0.248. The van der Waals surface area contributed by atoms with Crippen molar-refractivity contribution in [3.05, 3.63) is 53.1 Å². The van der Waals surface area contributed by atoms with E-state index < -0.39 is 0 Å². The Morgan fingerprint density at radius 2 is 1.53 bits per heavy atom. The van der Waals surface area contributed by atoms with Crippen molar-refractivity contribution in [2.45, 2.75) is 26.7 Å². The number of hydrogen-bond donors (Lipinski definition) is 0. The topological polar surface area (TPSA) is 38.7 Å². The zero-order valence-electron chi connectivity index (χ0n) is 9.94. The molecule has 0 aliphatic heterocycles. The second-order valence-electron chi connectivity index (χ2n) is 4.05. The van der Waals surface area contributed by atoms with E-state index in [2.05, 4.69) is 15.0 Å². The van der Waals surface area contributed by atoms with Gasteiger partial charge in [-0.3, -0.25) is 4.98 Å². The van der Waals surface area contributed by atoms with Gasteiger partial charge in [0.2, 0.25) is 0 Å². The van der Waals surface area contributed by atoms with Crippen LogP contribution in [0.5, 0.6) is 0 Å². The van der Waals surface area contributed by atoms with E-state index in [9.17, 15) is 4.39 Å². The molecular weight excluding hydrogens is 217 g/mol. The zero-order valence-corrected chi connectivity index (χ0v) is 9.94. The van der Waals surface area contributed by atoms with Gasteiger partial charge in [-0.15, -0.1) is 0 Å². The van der Waals surface area contributed by atoms with E-state index in [1.807, 2.05) is 6.92 Å². The highest BCUT2D eigenvalue weighted by atomic mass is 19.1. The highest BCUT2D eigenvalue weighted by Crippen LogP contribution is 2.09. The maximum atomic E-state index is 13.3. The second-order valence-corrected chi connectivity index (χ2v) is 4.05. The lowest BCUT2D eigenvalue weighted by molar-refractivity contribution is 0.606. The third kappa shape index (κ3) is 3.06. The van der Waals surface area contributed by atoms with Gasteiger partial charge in [0.1, 0.15) is 11.6 Å². The molecule has 0 aromatic carbocycles. The zero-order chi connectivity index (χ0) is 12.3. The van der Waals surface area contributed by atoms with Crippen molar-refractivity contribution in [1.82, 2.24) is 15.0 Å². The van der Waals surface area contributed by atoms with E-state index in [1.54, 1.807) is 25.5 Å². The lowest BCUT2D eigenvalue weighted by Gasteiger charge is -2.03. The summed E-state index contributed by atoms with van der Waals surface area (Å²) in [5.74, 6) is 0.513.